The lowest BCUT2D eigenvalue weighted by atomic mass is 10.1. The first-order chi connectivity index (χ1) is 14.1. The summed E-state index contributed by atoms with van der Waals surface area (Å²) in [6.07, 6.45) is 4.47. The smallest absolute Gasteiger partial charge is 0.255 e. The zero-order chi connectivity index (χ0) is 21.9. The normalized spacial score (nSPS) is 15.2. The van der Waals surface area contributed by atoms with Crippen molar-refractivity contribution in [2.24, 2.45) is 0 Å². The number of benzene rings is 1. The maximum Gasteiger partial charge on any atom is 0.255 e. The maximum atomic E-state index is 13.9. The Morgan fingerprint density at radius 2 is 2.00 bits per heavy atom. The van der Waals surface area contributed by atoms with Crippen molar-refractivity contribution >= 4 is 21.6 Å². The van der Waals surface area contributed by atoms with E-state index in [1.165, 1.54) is 6.08 Å². The molecule has 0 bridgehead atoms. The fraction of sp³-hybridized carbons (Fsp3) is 0.333. The maximum absolute atomic E-state index is 13.9. The minimum Gasteiger partial charge on any atom is -0.365 e. The first-order valence-electron chi connectivity index (χ1n) is 9.50. The number of nitrogens with one attached hydrogen (secondary N) is 2. The minimum absolute atomic E-state index is 0.0471. The molecule has 1 aliphatic carbocycles. The number of nitrogens with zero attached hydrogens (tertiary/aromatic N) is 1. The van der Waals surface area contributed by atoms with Gasteiger partial charge in [0.25, 0.3) is 5.91 Å². The largest absolute Gasteiger partial charge is 0.365 e. The summed E-state index contributed by atoms with van der Waals surface area (Å²) >= 11 is 0. The standard InChI is InChI=1S/C21H23F2N3O3S/c1-13(9-10-30(2,28)29)25-21(27)17-6-8-19(14-3-4-14)26-20(17)24-12-15-11-16(22)5-7-18(15)23/h5-11,13-14H,3-4,12H2,1-2H3,(H,24,26)(H,25,27)/b10-9+/t13-/m0/s1. The number of pyridine rings is 1. The molecule has 0 unspecified atom stereocenters. The van der Waals surface area contributed by atoms with Crippen LogP contribution >= 0.6 is 0 Å². The summed E-state index contributed by atoms with van der Waals surface area (Å²) in [5.41, 5.74) is 1.18. The van der Waals surface area contributed by atoms with E-state index in [1.807, 2.05) is 0 Å². The number of anilines is 1. The second-order valence-electron chi connectivity index (χ2n) is 7.42. The van der Waals surface area contributed by atoms with E-state index < -0.39 is 33.4 Å². The highest BCUT2D eigenvalue weighted by atomic mass is 32.2. The molecule has 1 heterocycles. The molecule has 30 heavy (non-hydrogen) atoms. The summed E-state index contributed by atoms with van der Waals surface area (Å²) in [4.78, 5) is 17.2. The quantitative estimate of drug-likeness (QED) is 0.662. The molecule has 2 N–H and O–H groups in total. The molecule has 1 atom stereocenters. The van der Waals surface area contributed by atoms with Crippen molar-refractivity contribution < 1.29 is 22.0 Å². The van der Waals surface area contributed by atoms with Gasteiger partial charge in [-0.15, -0.1) is 0 Å². The number of sulfone groups is 1. The van der Waals surface area contributed by atoms with E-state index in [9.17, 15) is 22.0 Å². The highest BCUT2D eigenvalue weighted by Gasteiger charge is 2.26. The zero-order valence-electron chi connectivity index (χ0n) is 16.7. The number of amides is 1. The van der Waals surface area contributed by atoms with E-state index in [1.54, 1.807) is 19.1 Å². The molecule has 1 aromatic carbocycles. The molecule has 1 aromatic heterocycles. The topological polar surface area (TPSA) is 88.2 Å². The van der Waals surface area contributed by atoms with Crippen LogP contribution in [0.5, 0.6) is 0 Å². The molecule has 0 spiro atoms. The average molecular weight is 435 g/mol. The molecule has 160 valence electrons. The van der Waals surface area contributed by atoms with Crippen molar-refractivity contribution in [3.8, 4) is 0 Å². The summed E-state index contributed by atoms with van der Waals surface area (Å²) in [6, 6.07) is 6.04. The first-order valence-corrected chi connectivity index (χ1v) is 11.5. The summed E-state index contributed by atoms with van der Waals surface area (Å²) in [5.74, 6) is -0.979. The lowest BCUT2D eigenvalue weighted by molar-refractivity contribution is 0.0947. The van der Waals surface area contributed by atoms with Crippen LogP contribution in [0.3, 0.4) is 0 Å². The minimum atomic E-state index is -3.31. The predicted molar refractivity (Wildman–Crippen MR) is 111 cm³/mol. The van der Waals surface area contributed by atoms with E-state index in [4.69, 9.17) is 0 Å². The van der Waals surface area contributed by atoms with Gasteiger partial charge in [-0.2, -0.15) is 0 Å². The number of hydrogen-bond acceptors (Lipinski definition) is 5. The van der Waals surface area contributed by atoms with Gasteiger partial charge < -0.3 is 10.6 Å². The predicted octanol–water partition coefficient (Wildman–Crippen LogP) is 3.53. The van der Waals surface area contributed by atoms with Crippen LogP contribution in [0, 0.1) is 11.6 Å². The Morgan fingerprint density at radius 1 is 1.27 bits per heavy atom. The molecule has 2 aromatic rings. The van der Waals surface area contributed by atoms with Gasteiger partial charge in [0.2, 0.25) is 0 Å². The molecule has 1 aliphatic rings. The number of carbonyl (C=O) groups is 1. The van der Waals surface area contributed by atoms with Gasteiger partial charge in [0.1, 0.15) is 17.5 Å². The molecule has 6 nitrogen and oxygen atoms in total. The van der Waals surface area contributed by atoms with Crippen LogP contribution in [0.4, 0.5) is 14.6 Å². The van der Waals surface area contributed by atoms with E-state index in [2.05, 4.69) is 15.6 Å². The molecule has 3 rings (SSSR count). The molecule has 9 heteroatoms. The third-order valence-corrected chi connectivity index (χ3v) is 5.24. The van der Waals surface area contributed by atoms with Gasteiger partial charge in [0.05, 0.1) is 5.56 Å². The first kappa shape index (κ1) is 21.9. The van der Waals surface area contributed by atoms with Gasteiger partial charge in [-0.25, -0.2) is 22.2 Å². The monoisotopic (exact) mass is 435 g/mol. The number of aromatic nitrogens is 1. The van der Waals surface area contributed by atoms with Gasteiger partial charge in [-0.3, -0.25) is 4.79 Å². The van der Waals surface area contributed by atoms with Crippen LogP contribution in [0.1, 0.15) is 47.3 Å². The lowest BCUT2D eigenvalue weighted by Crippen LogP contribution is -2.32. The van der Waals surface area contributed by atoms with Gasteiger partial charge in [0.15, 0.2) is 9.84 Å². The molecule has 1 amide bonds. The molecule has 1 fully saturated rings. The SMILES string of the molecule is C[C@@H](/C=C/S(C)(=O)=O)NC(=O)c1ccc(C2CC2)nc1NCc1cc(F)ccc1F. The highest BCUT2D eigenvalue weighted by Crippen LogP contribution is 2.39. The third-order valence-electron chi connectivity index (χ3n) is 4.58. The second kappa shape index (κ2) is 8.91. The van der Waals surface area contributed by atoms with Crippen LogP contribution in [-0.4, -0.2) is 31.6 Å². The van der Waals surface area contributed by atoms with Gasteiger partial charge in [-0.05, 0) is 50.1 Å². The Labute approximate surface area is 174 Å². The van der Waals surface area contributed by atoms with E-state index in [0.29, 0.717) is 5.92 Å². The molecule has 0 radical (unpaired) electrons. The Hall–Kier alpha value is -2.81. The average Bonchev–Trinajstić information content (AvgIpc) is 3.51. The highest BCUT2D eigenvalue weighted by molar-refractivity contribution is 7.93. The van der Waals surface area contributed by atoms with Crippen molar-refractivity contribution in [1.29, 1.82) is 0 Å². The van der Waals surface area contributed by atoms with Gasteiger partial charge in [-0.1, -0.05) is 6.08 Å². The number of rotatable bonds is 8. The summed E-state index contributed by atoms with van der Waals surface area (Å²) in [6.45, 7) is 1.59. The number of halogens is 2. The Balaban J connectivity index is 1.80. The van der Waals surface area contributed by atoms with E-state index in [0.717, 1.165) is 48.4 Å². The van der Waals surface area contributed by atoms with Gasteiger partial charge in [0, 0.05) is 41.4 Å². The Bertz CT molecular complexity index is 1080. The van der Waals surface area contributed by atoms with Crippen LogP contribution in [0.15, 0.2) is 41.8 Å². The molecule has 0 saturated heterocycles. The second-order valence-corrected chi connectivity index (χ2v) is 9.35. The van der Waals surface area contributed by atoms with Crippen molar-refractivity contribution in [2.45, 2.75) is 38.3 Å². The Morgan fingerprint density at radius 3 is 2.67 bits per heavy atom. The molecular weight excluding hydrogens is 412 g/mol. The van der Waals surface area contributed by atoms with Crippen LogP contribution in [0.2, 0.25) is 0 Å². The van der Waals surface area contributed by atoms with E-state index in [-0.39, 0.29) is 23.5 Å². The van der Waals surface area contributed by atoms with Crippen molar-refractivity contribution in [3.63, 3.8) is 0 Å². The van der Waals surface area contributed by atoms with Crippen LogP contribution < -0.4 is 10.6 Å². The van der Waals surface area contributed by atoms with Crippen LogP contribution in [-0.2, 0) is 16.4 Å². The molecule has 0 aliphatic heterocycles. The molecule has 1 saturated carbocycles. The number of hydrogen-bond donors (Lipinski definition) is 2. The number of carbonyl (C=O) groups excluding carboxylic acids is 1. The summed E-state index contributed by atoms with van der Waals surface area (Å²) in [5, 5.41) is 6.65. The fourth-order valence-electron chi connectivity index (χ4n) is 2.85. The zero-order valence-corrected chi connectivity index (χ0v) is 17.5. The van der Waals surface area contributed by atoms with Gasteiger partial charge >= 0.3 is 0 Å². The van der Waals surface area contributed by atoms with Crippen LogP contribution in [0.25, 0.3) is 0 Å². The summed E-state index contributed by atoms with van der Waals surface area (Å²) in [7, 11) is -3.31. The van der Waals surface area contributed by atoms with Crippen molar-refractivity contribution in [2.75, 3.05) is 11.6 Å². The third kappa shape index (κ3) is 6.09. The van der Waals surface area contributed by atoms with Crippen molar-refractivity contribution in [1.82, 2.24) is 10.3 Å². The van der Waals surface area contributed by atoms with E-state index >= 15 is 0 Å². The molecular formula is C21H23F2N3O3S. The van der Waals surface area contributed by atoms with Crippen molar-refractivity contribution in [3.05, 3.63) is 70.3 Å². The lowest BCUT2D eigenvalue weighted by Gasteiger charge is -2.15. The summed E-state index contributed by atoms with van der Waals surface area (Å²) < 4.78 is 49.9. The fourth-order valence-corrected chi connectivity index (χ4v) is 3.37. The Kier molecular flexibility index (Phi) is 6.50.